The van der Waals surface area contributed by atoms with Crippen molar-refractivity contribution in [1.29, 1.82) is 0 Å². The molecule has 2 bridgehead atoms. The predicted molar refractivity (Wildman–Crippen MR) is 52.2 cm³/mol. The second-order valence-corrected chi connectivity index (χ2v) is 5.66. The quantitative estimate of drug-likeness (QED) is 0.565. The Kier molecular flexibility index (Phi) is 1.36. The average Bonchev–Trinajstić information content (AvgIpc) is 2.60. The van der Waals surface area contributed by atoms with E-state index < -0.39 is 0 Å². The summed E-state index contributed by atoms with van der Waals surface area (Å²) in [4.78, 5) is 0. The Balaban J connectivity index is 2.01. The topological polar surface area (TPSA) is 20.2 Å². The maximum Gasteiger partial charge on any atom is 0.0783 e. The standard InChI is InChI=1S/C12H18O/c1-7-3-9-8-5-11(13)12(2,6-8)10(9)4-7/h5,7,9-11,13H,3-4,6H2,1-2H3. The van der Waals surface area contributed by atoms with E-state index in [2.05, 4.69) is 19.9 Å². The third-order valence-electron chi connectivity index (χ3n) is 4.75. The highest BCUT2D eigenvalue weighted by atomic mass is 16.3. The molecule has 0 heterocycles. The zero-order chi connectivity index (χ0) is 9.22. The Bertz CT molecular complexity index is 281. The van der Waals surface area contributed by atoms with Crippen LogP contribution in [0.15, 0.2) is 11.6 Å². The molecule has 1 nitrogen and oxygen atoms in total. The minimum absolute atomic E-state index is 0.144. The van der Waals surface area contributed by atoms with Gasteiger partial charge >= 0.3 is 0 Å². The van der Waals surface area contributed by atoms with Gasteiger partial charge in [-0.15, -0.1) is 0 Å². The molecule has 0 radical (unpaired) electrons. The number of rotatable bonds is 0. The molecular weight excluding hydrogens is 160 g/mol. The fourth-order valence-corrected chi connectivity index (χ4v) is 4.03. The first kappa shape index (κ1) is 8.05. The summed E-state index contributed by atoms with van der Waals surface area (Å²) in [5.41, 5.74) is 1.79. The third-order valence-corrected chi connectivity index (χ3v) is 4.75. The van der Waals surface area contributed by atoms with Crippen molar-refractivity contribution in [3.63, 3.8) is 0 Å². The first-order chi connectivity index (χ1) is 6.11. The van der Waals surface area contributed by atoms with Crippen LogP contribution in [0.4, 0.5) is 0 Å². The Morgan fingerprint density at radius 2 is 2.23 bits per heavy atom. The van der Waals surface area contributed by atoms with Gasteiger partial charge in [-0.2, -0.15) is 0 Å². The molecule has 0 amide bonds. The monoisotopic (exact) mass is 178 g/mol. The maximum atomic E-state index is 9.94. The largest absolute Gasteiger partial charge is 0.388 e. The van der Waals surface area contributed by atoms with E-state index in [1.54, 1.807) is 5.57 Å². The molecule has 1 N–H and O–H groups in total. The van der Waals surface area contributed by atoms with Crippen LogP contribution in [-0.4, -0.2) is 11.2 Å². The van der Waals surface area contributed by atoms with E-state index in [1.165, 1.54) is 19.3 Å². The highest BCUT2D eigenvalue weighted by Gasteiger charge is 2.57. The van der Waals surface area contributed by atoms with E-state index in [0.29, 0.717) is 0 Å². The highest BCUT2D eigenvalue weighted by Crippen LogP contribution is 2.63. The van der Waals surface area contributed by atoms with Crippen LogP contribution >= 0.6 is 0 Å². The number of aliphatic hydroxyl groups is 1. The van der Waals surface area contributed by atoms with Gasteiger partial charge in [-0.1, -0.05) is 25.5 Å². The first-order valence-electron chi connectivity index (χ1n) is 5.50. The summed E-state index contributed by atoms with van der Waals surface area (Å²) < 4.78 is 0. The van der Waals surface area contributed by atoms with Gasteiger partial charge in [0.25, 0.3) is 0 Å². The fourth-order valence-electron chi connectivity index (χ4n) is 4.03. The molecular formula is C12H18O. The molecule has 0 spiro atoms. The van der Waals surface area contributed by atoms with Gasteiger partial charge in [-0.25, -0.2) is 0 Å². The number of hydrogen-bond acceptors (Lipinski definition) is 1. The molecule has 3 rings (SSSR count). The summed E-state index contributed by atoms with van der Waals surface area (Å²) >= 11 is 0. The number of hydrogen-bond donors (Lipinski definition) is 1. The van der Waals surface area contributed by atoms with Gasteiger partial charge in [0.15, 0.2) is 0 Å². The summed E-state index contributed by atoms with van der Waals surface area (Å²) in [6.07, 6.45) is 5.89. The van der Waals surface area contributed by atoms with Crippen LogP contribution in [0.5, 0.6) is 0 Å². The number of allylic oxidation sites excluding steroid dienone is 1. The molecule has 0 aliphatic heterocycles. The first-order valence-corrected chi connectivity index (χ1v) is 5.50. The lowest BCUT2D eigenvalue weighted by Gasteiger charge is -2.34. The minimum atomic E-state index is -0.144. The molecule has 2 fully saturated rings. The number of fused-ring (bicyclic) bond motifs is 5. The van der Waals surface area contributed by atoms with Gasteiger partial charge in [0.2, 0.25) is 0 Å². The summed E-state index contributed by atoms with van der Waals surface area (Å²) in [7, 11) is 0. The van der Waals surface area contributed by atoms with Crippen LogP contribution < -0.4 is 0 Å². The molecule has 0 saturated heterocycles. The molecule has 13 heavy (non-hydrogen) atoms. The molecule has 0 aromatic rings. The van der Waals surface area contributed by atoms with E-state index in [9.17, 15) is 5.11 Å². The van der Waals surface area contributed by atoms with Crippen LogP contribution in [0, 0.1) is 23.2 Å². The predicted octanol–water partition coefficient (Wildman–Crippen LogP) is 2.36. The Morgan fingerprint density at radius 1 is 1.46 bits per heavy atom. The van der Waals surface area contributed by atoms with Crippen molar-refractivity contribution in [2.75, 3.05) is 0 Å². The van der Waals surface area contributed by atoms with Gasteiger partial charge in [-0.3, -0.25) is 0 Å². The smallest absolute Gasteiger partial charge is 0.0783 e. The summed E-state index contributed by atoms with van der Waals surface area (Å²) in [5, 5.41) is 9.94. The lowest BCUT2D eigenvalue weighted by molar-refractivity contribution is 0.0406. The van der Waals surface area contributed by atoms with E-state index >= 15 is 0 Å². The van der Waals surface area contributed by atoms with Gasteiger partial charge in [0.05, 0.1) is 6.10 Å². The highest BCUT2D eigenvalue weighted by molar-refractivity contribution is 5.32. The van der Waals surface area contributed by atoms with Gasteiger partial charge in [0, 0.05) is 5.41 Å². The summed E-state index contributed by atoms with van der Waals surface area (Å²) in [5.74, 6) is 2.50. The second-order valence-electron chi connectivity index (χ2n) is 5.66. The Hall–Kier alpha value is -0.300. The van der Waals surface area contributed by atoms with Crippen molar-refractivity contribution >= 4 is 0 Å². The number of aliphatic hydroxyl groups excluding tert-OH is 1. The zero-order valence-electron chi connectivity index (χ0n) is 8.46. The SMILES string of the molecule is CC1CC2C3=CC(O)C(C)(C3)C2C1. The second kappa shape index (κ2) is 2.20. The third kappa shape index (κ3) is 0.817. The molecule has 1 heteroatoms. The molecule has 5 unspecified atom stereocenters. The van der Waals surface area contributed by atoms with Crippen molar-refractivity contribution in [2.45, 2.75) is 39.2 Å². The summed E-state index contributed by atoms with van der Waals surface area (Å²) in [6.45, 7) is 4.64. The maximum absolute atomic E-state index is 9.94. The van der Waals surface area contributed by atoms with Gasteiger partial charge < -0.3 is 5.11 Å². The fraction of sp³-hybridized carbons (Fsp3) is 0.833. The molecule has 3 aliphatic rings. The minimum Gasteiger partial charge on any atom is -0.388 e. The van der Waals surface area contributed by atoms with Crippen LogP contribution in [-0.2, 0) is 0 Å². The van der Waals surface area contributed by atoms with E-state index in [4.69, 9.17) is 0 Å². The van der Waals surface area contributed by atoms with Gasteiger partial charge in [0.1, 0.15) is 0 Å². The van der Waals surface area contributed by atoms with Gasteiger partial charge in [-0.05, 0) is 37.0 Å². The Morgan fingerprint density at radius 3 is 3.00 bits per heavy atom. The molecule has 0 aromatic carbocycles. The van der Waals surface area contributed by atoms with E-state index in [-0.39, 0.29) is 11.5 Å². The lowest BCUT2D eigenvalue weighted by Crippen LogP contribution is -2.34. The zero-order valence-corrected chi connectivity index (χ0v) is 8.46. The molecule has 5 atom stereocenters. The van der Waals surface area contributed by atoms with Crippen LogP contribution in [0.2, 0.25) is 0 Å². The Labute approximate surface area is 79.8 Å². The van der Waals surface area contributed by atoms with Crippen molar-refractivity contribution in [3.05, 3.63) is 11.6 Å². The lowest BCUT2D eigenvalue weighted by atomic mass is 9.73. The van der Waals surface area contributed by atoms with Crippen molar-refractivity contribution in [3.8, 4) is 0 Å². The summed E-state index contributed by atoms with van der Waals surface area (Å²) in [6, 6.07) is 0. The van der Waals surface area contributed by atoms with Crippen LogP contribution in [0.3, 0.4) is 0 Å². The van der Waals surface area contributed by atoms with Crippen LogP contribution in [0.1, 0.15) is 33.1 Å². The van der Waals surface area contributed by atoms with E-state index in [0.717, 1.165) is 17.8 Å². The normalized spacial score (nSPS) is 58.2. The van der Waals surface area contributed by atoms with Crippen LogP contribution in [0.25, 0.3) is 0 Å². The van der Waals surface area contributed by atoms with Crippen molar-refractivity contribution in [2.24, 2.45) is 23.2 Å². The average molecular weight is 178 g/mol. The van der Waals surface area contributed by atoms with E-state index in [1.807, 2.05) is 0 Å². The van der Waals surface area contributed by atoms with Crippen molar-refractivity contribution in [1.82, 2.24) is 0 Å². The molecule has 2 saturated carbocycles. The molecule has 72 valence electrons. The van der Waals surface area contributed by atoms with Crippen molar-refractivity contribution < 1.29 is 5.11 Å². The molecule has 0 aromatic heterocycles. The molecule has 3 aliphatic carbocycles.